The number of β-lactam (4-membered cyclic amide) rings is 1. The lowest BCUT2D eigenvalue weighted by atomic mass is 10.1. The van der Waals surface area contributed by atoms with Gasteiger partial charge in [0.05, 0.1) is 27.5 Å². The van der Waals surface area contributed by atoms with E-state index >= 15 is 0 Å². The molecule has 2 aromatic heterocycles. The number of carbonyl (C=O) groups is 3. The van der Waals surface area contributed by atoms with Crippen LogP contribution in [0.15, 0.2) is 51.1 Å². The molecule has 11 nitrogen and oxygen atoms in total. The summed E-state index contributed by atoms with van der Waals surface area (Å²) in [5.41, 5.74) is 5.68. The fourth-order valence-corrected chi connectivity index (χ4v) is 8.85. The van der Waals surface area contributed by atoms with Crippen molar-refractivity contribution in [1.29, 1.82) is 0 Å². The minimum Gasteiger partial charge on any atom is -0.543 e. The van der Waals surface area contributed by atoms with Gasteiger partial charge in [-0.3, -0.25) is 14.5 Å². The van der Waals surface area contributed by atoms with Crippen LogP contribution in [0.4, 0.5) is 5.82 Å². The molecule has 2 unspecified atom stereocenters. The van der Waals surface area contributed by atoms with Gasteiger partial charge in [0.25, 0.3) is 5.91 Å². The summed E-state index contributed by atoms with van der Waals surface area (Å²) in [6.07, 6.45) is 1.49. The predicted octanol–water partition coefficient (Wildman–Crippen LogP) is 1.37. The number of nitrogen functional groups attached to an aromatic ring is 1. The van der Waals surface area contributed by atoms with Crippen LogP contribution in [0.1, 0.15) is 0 Å². The number of fused-ring (bicyclic) bond motifs is 2. The summed E-state index contributed by atoms with van der Waals surface area (Å²) < 4.78 is 1.66. The number of amides is 2. The van der Waals surface area contributed by atoms with Crippen molar-refractivity contribution < 1.29 is 24.0 Å². The first-order valence-corrected chi connectivity index (χ1v) is 15.5. The first-order valence-electron chi connectivity index (χ1n) is 10.8. The molecule has 1 fully saturated rings. The number of H-pyrrole nitrogens is 1. The molecule has 0 saturated carbocycles. The zero-order valence-electron chi connectivity index (χ0n) is 19.1. The maximum absolute atomic E-state index is 12.9. The fourth-order valence-electron chi connectivity index (χ4n) is 3.74. The van der Waals surface area contributed by atoms with E-state index in [1.165, 1.54) is 58.3 Å². The van der Waals surface area contributed by atoms with E-state index in [-0.39, 0.29) is 17.4 Å². The number of nitrogens with two attached hydrogens (primary N) is 1. The van der Waals surface area contributed by atoms with E-state index in [1.54, 1.807) is 28.8 Å². The Morgan fingerprint density at radius 1 is 1.29 bits per heavy atom. The number of aromatic nitrogens is 4. The summed E-state index contributed by atoms with van der Waals surface area (Å²) in [6.45, 7) is 0. The molecule has 2 aliphatic heterocycles. The molecule has 0 radical (unpaired) electrons. The third-order valence-corrected chi connectivity index (χ3v) is 10.8. The second-order valence-corrected chi connectivity index (χ2v) is 13.2. The first-order chi connectivity index (χ1) is 18.2. The molecule has 5 rings (SSSR count). The van der Waals surface area contributed by atoms with Crippen LogP contribution in [0.2, 0.25) is 10.0 Å². The van der Waals surface area contributed by atoms with E-state index in [1.807, 2.05) is 0 Å². The van der Waals surface area contributed by atoms with Crippen LogP contribution in [0.3, 0.4) is 0 Å². The van der Waals surface area contributed by atoms with Crippen molar-refractivity contribution in [3.63, 3.8) is 0 Å². The van der Waals surface area contributed by atoms with E-state index in [0.29, 0.717) is 42.3 Å². The molecule has 198 valence electrons. The Balaban J connectivity index is 1.21. The molecule has 0 spiro atoms. The van der Waals surface area contributed by atoms with Gasteiger partial charge in [0, 0.05) is 26.6 Å². The predicted molar refractivity (Wildman–Crippen MR) is 147 cm³/mol. The number of hydrogen-bond donors (Lipinski definition) is 3. The molecule has 38 heavy (non-hydrogen) atoms. The van der Waals surface area contributed by atoms with Crippen LogP contribution in [-0.2, 0) is 14.4 Å². The summed E-state index contributed by atoms with van der Waals surface area (Å²) in [7, 11) is 0. The Bertz CT molecular complexity index is 1490. The number of carboxylic acids is 1. The van der Waals surface area contributed by atoms with Crippen LogP contribution in [0.5, 0.6) is 0 Å². The Labute approximate surface area is 242 Å². The molecular formula is C21H17Cl2N7O4S4. The maximum Gasteiger partial charge on any atom is 0.459 e. The highest BCUT2D eigenvalue weighted by atomic mass is 35.5. The van der Waals surface area contributed by atoms with Gasteiger partial charge in [0.15, 0.2) is 11.4 Å². The monoisotopic (exact) mass is 629 g/mol. The van der Waals surface area contributed by atoms with E-state index in [4.69, 9.17) is 28.9 Å². The van der Waals surface area contributed by atoms with Gasteiger partial charge in [-0.2, -0.15) is 0 Å². The number of rotatable bonds is 9. The highest BCUT2D eigenvalue weighted by molar-refractivity contribution is 8.18. The number of thioether (sulfide) groups is 4. The van der Waals surface area contributed by atoms with E-state index < -0.39 is 23.3 Å². The number of nitrogens with one attached hydrogen (secondary N) is 2. The van der Waals surface area contributed by atoms with Gasteiger partial charge in [-0.25, -0.2) is 5.10 Å². The van der Waals surface area contributed by atoms with Gasteiger partial charge < -0.3 is 21.0 Å². The number of halogens is 2. The molecule has 4 N–H and O–H groups in total. The molecule has 0 bridgehead atoms. The lowest BCUT2D eigenvalue weighted by Crippen LogP contribution is -2.71. The molecule has 2 aliphatic rings. The smallest absolute Gasteiger partial charge is 0.459 e. The number of hydrogen-bond acceptors (Lipinski definition) is 11. The first kappa shape index (κ1) is 27.3. The van der Waals surface area contributed by atoms with Crippen LogP contribution in [0, 0.1) is 0 Å². The topological polar surface area (TPSA) is 161 Å². The molecule has 0 aliphatic carbocycles. The highest BCUT2D eigenvalue weighted by Crippen LogP contribution is 2.44. The van der Waals surface area contributed by atoms with Crippen molar-refractivity contribution in [2.45, 2.75) is 21.3 Å². The van der Waals surface area contributed by atoms with Gasteiger partial charge in [-0.15, -0.1) is 39.8 Å². The van der Waals surface area contributed by atoms with Gasteiger partial charge >= 0.3 is 5.78 Å². The van der Waals surface area contributed by atoms with Crippen molar-refractivity contribution in [3.8, 4) is 0 Å². The van der Waals surface area contributed by atoms with Crippen LogP contribution >= 0.6 is 70.2 Å². The summed E-state index contributed by atoms with van der Waals surface area (Å²) >= 11 is 17.4. The number of carbonyl (C=O) groups excluding carboxylic acids is 3. The van der Waals surface area contributed by atoms with Crippen molar-refractivity contribution >= 4 is 99.6 Å². The molecule has 3 aromatic rings. The lowest BCUT2D eigenvalue weighted by molar-refractivity contribution is -0.619. The van der Waals surface area contributed by atoms with Gasteiger partial charge in [-0.1, -0.05) is 39.9 Å². The number of aromatic amines is 1. The molecular weight excluding hydrogens is 613 g/mol. The van der Waals surface area contributed by atoms with Crippen LogP contribution in [0.25, 0.3) is 5.78 Å². The van der Waals surface area contributed by atoms with Gasteiger partial charge in [-0.05, 0) is 23.2 Å². The standard InChI is InChI=1S/C21H17Cl2N7O4S4/c22-9-1-2-10(23)11(3-9)35-6-14(31)28-16-18(32)29-17(20(33)34)12(5-36-19(16)29)37-8-38-15-4-13(24)27-21-25-7-26-30(15)21/h1-4,7,16,19H,5-6,8H2,(H4,24,25,26,27,28,31,33,34). The average Bonchev–Trinajstić information content (AvgIpc) is 3.35. The van der Waals surface area contributed by atoms with Crippen LogP contribution < -0.4 is 20.7 Å². The number of aliphatic carboxylic acids is 1. The zero-order chi connectivity index (χ0) is 27.0. The molecule has 4 heterocycles. The molecule has 2 atom stereocenters. The van der Waals surface area contributed by atoms with Crippen molar-refractivity contribution in [2.75, 3.05) is 22.3 Å². The maximum atomic E-state index is 12.9. The van der Waals surface area contributed by atoms with Gasteiger partial charge in [0.2, 0.25) is 11.7 Å². The molecule has 2 amide bonds. The molecule has 1 saturated heterocycles. The van der Waals surface area contributed by atoms with E-state index in [9.17, 15) is 19.5 Å². The summed E-state index contributed by atoms with van der Waals surface area (Å²) in [5.74, 6) is -1.22. The van der Waals surface area contributed by atoms with Crippen molar-refractivity contribution in [1.82, 2.24) is 25.3 Å². The second kappa shape index (κ2) is 11.4. The minimum atomic E-state index is -1.44. The Morgan fingerprint density at radius 3 is 2.89 bits per heavy atom. The third kappa shape index (κ3) is 5.53. The number of anilines is 1. The lowest BCUT2D eigenvalue weighted by Gasteiger charge is -2.50. The summed E-state index contributed by atoms with van der Waals surface area (Å²) in [6, 6.07) is 5.80. The summed E-state index contributed by atoms with van der Waals surface area (Å²) in [5, 5.41) is 19.3. The summed E-state index contributed by atoms with van der Waals surface area (Å²) in [4.78, 5) is 48.0. The van der Waals surface area contributed by atoms with E-state index in [2.05, 4.69) is 20.4 Å². The number of carboxylic acid groups (broad SMARTS) is 1. The Hall–Kier alpha value is -2.30. The fraction of sp³-hybridized carbons (Fsp3) is 0.238. The molecule has 1 aromatic carbocycles. The SMILES string of the molecule is Nc1cc(SCSC2=C(C(=O)[O-])N3C(=O)C(NC(=O)CSc4cc(Cl)ccc4Cl)C3SC2)[n+]2[nH]cnc2n1. The normalized spacial score (nSPS) is 18.9. The van der Waals surface area contributed by atoms with E-state index in [0.717, 1.165) is 5.03 Å². The van der Waals surface area contributed by atoms with Crippen molar-refractivity contribution in [3.05, 3.63) is 51.2 Å². The zero-order valence-corrected chi connectivity index (χ0v) is 23.8. The van der Waals surface area contributed by atoms with Crippen molar-refractivity contribution in [2.24, 2.45) is 0 Å². The quantitative estimate of drug-likeness (QED) is 0.103. The average molecular weight is 631 g/mol. The molecule has 17 heteroatoms. The third-order valence-electron chi connectivity index (χ3n) is 5.42. The number of nitrogens with zero attached hydrogens (tertiary/aromatic N) is 4. The second-order valence-electron chi connectivity index (χ2n) is 7.83. The van der Waals surface area contributed by atoms with Gasteiger partial charge in [0.1, 0.15) is 11.4 Å². The Kier molecular flexibility index (Phi) is 8.21. The Morgan fingerprint density at radius 2 is 2.11 bits per heavy atom. The number of benzene rings is 1. The minimum absolute atomic E-state index is 0.0177. The largest absolute Gasteiger partial charge is 0.543 e. The highest BCUT2D eigenvalue weighted by Gasteiger charge is 2.52. The van der Waals surface area contributed by atoms with Crippen LogP contribution in [-0.4, -0.2) is 65.8 Å².